The molecule has 0 heterocycles. The fraction of sp³-hybridized carbons (Fsp3) is 0.562. The van der Waals surface area contributed by atoms with Gasteiger partial charge in [0, 0.05) is 11.7 Å². The third kappa shape index (κ3) is 5.61. The van der Waals surface area contributed by atoms with Crippen molar-refractivity contribution in [3.63, 3.8) is 0 Å². The van der Waals surface area contributed by atoms with Gasteiger partial charge in [-0.2, -0.15) is 0 Å². The normalized spacial score (nSPS) is 13.8. The summed E-state index contributed by atoms with van der Waals surface area (Å²) in [5, 5.41) is 2.95. The van der Waals surface area contributed by atoms with E-state index in [0.717, 1.165) is 30.5 Å². The van der Waals surface area contributed by atoms with E-state index >= 15 is 0 Å². The maximum Gasteiger partial charge on any atom is 0.249 e. The molecular weight excluding hydrogens is 252 g/mol. The predicted molar refractivity (Wildman–Crippen MR) is 82.5 cm³/mol. The van der Waals surface area contributed by atoms with Crippen LogP contribution in [-0.2, 0) is 16.0 Å². The van der Waals surface area contributed by atoms with Crippen molar-refractivity contribution in [2.75, 3.05) is 12.3 Å². The van der Waals surface area contributed by atoms with Crippen LogP contribution in [-0.4, -0.2) is 24.7 Å². The van der Waals surface area contributed by atoms with Gasteiger partial charge < -0.3 is 15.8 Å². The Balaban J connectivity index is 2.31. The largest absolute Gasteiger partial charge is 0.399 e. The van der Waals surface area contributed by atoms with E-state index in [1.807, 2.05) is 31.2 Å². The third-order valence-electron chi connectivity index (χ3n) is 3.27. The second kappa shape index (κ2) is 8.59. The van der Waals surface area contributed by atoms with E-state index in [2.05, 4.69) is 12.2 Å². The molecule has 0 radical (unpaired) electrons. The van der Waals surface area contributed by atoms with Crippen LogP contribution in [0.5, 0.6) is 0 Å². The quantitative estimate of drug-likeness (QED) is 0.718. The van der Waals surface area contributed by atoms with Crippen LogP contribution in [0.3, 0.4) is 0 Å². The lowest BCUT2D eigenvalue weighted by atomic mass is 10.1. The Morgan fingerprint density at radius 3 is 2.70 bits per heavy atom. The first-order valence-corrected chi connectivity index (χ1v) is 7.30. The third-order valence-corrected chi connectivity index (χ3v) is 3.27. The second-order valence-corrected chi connectivity index (χ2v) is 5.16. The molecule has 3 N–H and O–H groups in total. The molecule has 4 heteroatoms. The highest BCUT2D eigenvalue weighted by Crippen LogP contribution is 2.11. The molecule has 0 fully saturated rings. The van der Waals surface area contributed by atoms with Gasteiger partial charge in [-0.25, -0.2) is 0 Å². The summed E-state index contributed by atoms with van der Waals surface area (Å²) < 4.78 is 5.57. The molecule has 0 saturated carbocycles. The Labute approximate surface area is 121 Å². The number of para-hydroxylation sites is 1. The van der Waals surface area contributed by atoms with Gasteiger partial charge in [0.15, 0.2) is 0 Å². The van der Waals surface area contributed by atoms with Crippen LogP contribution in [0.1, 0.15) is 39.2 Å². The van der Waals surface area contributed by atoms with Gasteiger partial charge in [-0.15, -0.1) is 0 Å². The van der Waals surface area contributed by atoms with E-state index in [-0.39, 0.29) is 11.9 Å². The topological polar surface area (TPSA) is 64.3 Å². The fourth-order valence-electron chi connectivity index (χ4n) is 2.05. The number of benzene rings is 1. The van der Waals surface area contributed by atoms with E-state index in [0.29, 0.717) is 6.61 Å². The summed E-state index contributed by atoms with van der Waals surface area (Å²) in [6, 6.07) is 7.91. The van der Waals surface area contributed by atoms with Crippen LogP contribution in [0.25, 0.3) is 0 Å². The molecule has 112 valence electrons. The zero-order valence-electron chi connectivity index (χ0n) is 12.7. The van der Waals surface area contributed by atoms with Gasteiger partial charge in [0.2, 0.25) is 5.91 Å². The van der Waals surface area contributed by atoms with E-state index in [1.54, 1.807) is 6.92 Å². The van der Waals surface area contributed by atoms with E-state index in [9.17, 15) is 4.79 Å². The standard InChI is InChI=1S/C16H26N2O2/c1-4-7-12(2)18-16(19)13(3)20-11-10-14-8-5-6-9-15(14)17/h5-6,8-9,12-13H,4,7,10-11,17H2,1-3H3,(H,18,19). The molecule has 0 aromatic heterocycles. The summed E-state index contributed by atoms with van der Waals surface area (Å²) in [6.07, 6.45) is 2.33. The number of nitrogens with one attached hydrogen (secondary N) is 1. The van der Waals surface area contributed by atoms with Crippen molar-refractivity contribution in [3.05, 3.63) is 29.8 Å². The number of nitrogen functional groups attached to an aromatic ring is 1. The van der Waals surface area contributed by atoms with Gasteiger partial charge in [-0.3, -0.25) is 4.79 Å². The van der Waals surface area contributed by atoms with Crippen molar-refractivity contribution in [2.24, 2.45) is 0 Å². The number of ether oxygens (including phenoxy) is 1. The lowest BCUT2D eigenvalue weighted by Gasteiger charge is -2.17. The summed E-state index contributed by atoms with van der Waals surface area (Å²) in [5.74, 6) is -0.0491. The highest BCUT2D eigenvalue weighted by molar-refractivity contribution is 5.80. The van der Waals surface area contributed by atoms with Crippen molar-refractivity contribution < 1.29 is 9.53 Å². The Kier molecular flexibility index (Phi) is 7.09. The predicted octanol–water partition coefficient (Wildman–Crippen LogP) is 2.52. The first-order chi connectivity index (χ1) is 9.54. The van der Waals surface area contributed by atoms with Gasteiger partial charge >= 0.3 is 0 Å². The molecule has 0 spiro atoms. The Morgan fingerprint density at radius 1 is 1.35 bits per heavy atom. The number of nitrogens with two attached hydrogens (primary N) is 1. The van der Waals surface area contributed by atoms with Crippen LogP contribution in [0.2, 0.25) is 0 Å². The second-order valence-electron chi connectivity index (χ2n) is 5.16. The van der Waals surface area contributed by atoms with Gasteiger partial charge in [-0.1, -0.05) is 31.5 Å². The van der Waals surface area contributed by atoms with Gasteiger partial charge in [-0.05, 0) is 38.3 Å². The molecular formula is C16H26N2O2. The molecule has 0 aliphatic carbocycles. The molecule has 0 aliphatic rings. The highest BCUT2D eigenvalue weighted by Gasteiger charge is 2.15. The Bertz CT molecular complexity index is 421. The lowest BCUT2D eigenvalue weighted by Crippen LogP contribution is -2.40. The maximum atomic E-state index is 11.9. The van der Waals surface area contributed by atoms with Crippen LogP contribution < -0.4 is 11.1 Å². The van der Waals surface area contributed by atoms with E-state index in [4.69, 9.17) is 10.5 Å². The number of carbonyl (C=O) groups excluding carboxylic acids is 1. The molecule has 0 saturated heterocycles. The van der Waals surface area contributed by atoms with Gasteiger partial charge in [0.1, 0.15) is 6.10 Å². The molecule has 20 heavy (non-hydrogen) atoms. The average molecular weight is 278 g/mol. The molecule has 1 amide bonds. The molecule has 4 nitrogen and oxygen atoms in total. The molecule has 2 unspecified atom stereocenters. The summed E-state index contributed by atoms with van der Waals surface area (Å²) in [5.41, 5.74) is 7.68. The van der Waals surface area contributed by atoms with Crippen LogP contribution in [0.4, 0.5) is 5.69 Å². The number of hydrogen-bond donors (Lipinski definition) is 2. The van der Waals surface area contributed by atoms with E-state index < -0.39 is 6.10 Å². The summed E-state index contributed by atoms with van der Waals surface area (Å²) in [6.45, 7) is 6.39. The smallest absolute Gasteiger partial charge is 0.249 e. The molecule has 2 atom stereocenters. The van der Waals surface area contributed by atoms with Crippen molar-refractivity contribution in [2.45, 2.75) is 52.2 Å². The first-order valence-electron chi connectivity index (χ1n) is 7.30. The SMILES string of the molecule is CCCC(C)NC(=O)C(C)OCCc1ccccc1N. The van der Waals surface area contributed by atoms with Crippen LogP contribution in [0.15, 0.2) is 24.3 Å². The Hall–Kier alpha value is -1.55. The van der Waals surface area contributed by atoms with Crippen molar-refractivity contribution in [1.82, 2.24) is 5.32 Å². The van der Waals surface area contributed by atoms with Gasteiger partial charge in [0.05, 0.1) is 6.61 Å². The minimum Gasteiger partial charge on any atom is -0.399 e. The van der Waals surface area contributed by atoms with Crippen molar-refractivity contribution >= 4 is 11.6 Å². The van der Waals surface area contributed by atoms with Crippen molar-refractivity contribution in [1.29, 1.82) is 0 Å². The van der Waals surface area contributed by atoms with Crippen molar-refractivity contribution in [3.8, 4) is 0 Å². The fourth-order valence-corrected chi connectivity index (χ4v) is 2.05. The number of amides is 1. The van der Waals surface area contributed by atoms with Crippen LogP contribution in [0, 0.1) is 0 Å². The average Bonchev–Trinajstić information content (AvgIpc) is 2.41. The molecule has 1 aromatic rings. The lowest BCUT2D eigenvalue weighted by molar-refractivity contribution is -0.132. The molecule has 1 aromatic carbocycles. The molecule has 0 aliphatic heterocycles. The zero-order valence-corrected chi connectivity index (χ0v) is 12.7. The monoisotopic (exact) mass is 278 g/mol. The summed E-state index contributed by atoms with van der Waals surface area (Å²) in [7, 11) is 0. The zero-order chi connectivity index (χ0) is 15.0. The number of carbonyl (C=O) groups is 1. The Morgan fingerprint density at radius 2 is 2.05 bits per heavy atom. The van der Waals surface area contributed by atoms with Gasteiger partial charge in [0.25, 0.3) is 0 Å². The highest BCUT2D eigenvalue weighted by atomic mass is 16.5. The molecule has 0 bridgehead atoms. The minimum atomic E-state index is -0.431. The number of hydrogen-bond acceptors (Lipinski definition) is 3. The molecule has 1 rings (SSSR count). The summed E-state index contributed by atoms with van der Waals surface area (Å²) >= 11 is 0. The number of rotatable bonds is 8. The number of anilines is 1. The first kappa shape index (κ1) is 16.5. The van der Waals surface area contributed by atoms with Crippen LogP contribution >= 0.6 is 0 Å². The summed E-state index contributed by atoms with van der Waals surface area (Å²) in [4.78, 5) is 11.9. The maximum absolute atomic E-state index is 11.9. The minimum absolute atomic E-state index is 0.0491. The van der Waals surface area contributed by atoms with E-state index in [1.165, 1.54) is 0 Å².